The third-order valence-electron chi connectivity index (χ3n) is 4.38. The molecule has 26 heavy (non-hydrogen) atoms. The number of cyclic esters (lactones) is 1. The molecule has 134 valence electrons. The van der Waals surface area contributed by atoms with Crippen LogP contribution >= 0.6 is 0 Å². The number of carbonyl (C=O) groups is 1. The van der Waals surface area contributed by atoms with Gasteiger partial charge in [0.2, 0.25) is 0 Å². The summed E-state index contributed by atoms with van der Waals surface area (Å²) in [5.74, 6) is 0.228. The average molecular weight is 355 g/mol. The first kappa shape index (κ1) is 16.4. The maximum absolute atomic E-state index is 14.3. The first-order valence-electron chi connectivity index (χ1n) is 8.47. The fraction of sp³-hybridized carbons (Fsp3) is 0.263. The molecule has 1 aromatic carbocycles. The maximum Gasteiger partial charge on any atom is 0.407 e. The summed E-state index contributed by atoms with van der Waals surface area (Å²) in [6, 6.07) is 3.76. The molecule has 6 nitrogen and oxygen atoms in total. The second-order valence-electron chi connectivity index (χ2n) is 6.19. The monoisotopic (exact) mass is 355 g/mol. The van der Waals surface area contributed by atoms with Crippen LogP contribution in [0.3, 0.4) is 0 Å². The second-order valence-corrected chi connectivity index (χ2v) is 6.19. The number of amides is 1. The van der Waals surface area contributed by atoms with Crippen LogP contribution in [-0.4, -0.2) is 35.5 Å². The first-order valence-corrected chi connectivity index (χ1v) is 8.47. The zero-order valence-electron chi connectivity index (χ0n) is 14.2. The van der Waals surface area contributed by atoms with Crippen LogP contribution < -0.4 is 10.1 Å². The zero-order valence-corrected chi connectivity index (χ0v) is 14.2. The molecule has 1 atom stereocenters. The van der Waals surface area contributed by atoms with Crippen LogP contribution in [-0.2, 0) is 4.74 Å². The molecule has 0 radical (unpaired) electrons. The van der Waals surface area contributed by atoms with E-state index in [4.69, 9.17) is 9.47 Å². The minimum absolute atomic E-state index is 0.435. The largest absolute Gasteiger partial charge is 0.493 e. The smallest absolute Gasteiger partial charge is 0.407 e. The van der Waals surface area contributed by atoms with Crippen LogP contribution in [0.25, 0.3) is 23.1 Å². The lowest BCUT2D eigenvalue weighted by Gasteiger charge is -2.18. The fourth-order valence-electron chi connectivity index (χ4n) is 3.06. The molecule has 0 unspecified atom stereocenters. The number of nitrogens with one attached hydrogen (secondary N) is 2. The molecule has 2 bridgehead atoms. The van der Waals surface area contributed by atoms with E-state index in [0.29, 0.717) is 36.6 Å². The van der Waals surface area contributed by atoms with E-state index in [1.54, 1.807) is 19.1 Å². The second kappa shape index (κ2) is 6.67. The van der Waals surface area contributed by atoms with E-state index in [0.717, 1.165) is 16.5 Å². The van der Waals surface area contributed by atoms with Crippen molar-refractivity contribution in [3.8, 4) is 5.75 Å². The molecule has 7 heteroatoms. The van der Waals surface area contributed by atoms with Gasteiger partial charge in [-0.1, -0.05) is 0 Å². The summed E-state index contributed by atoms with van der Waals surface area (Å²) >= 11 is 0. The highest BCUT2D eigenvalue weighted by Gasteiger charge is 2.19. The molecule has 0 saturated carbocycles. The Morgan fingerprint density at radius 1 is 1.27 bits per heavy atom. The summed E-state index contributed by atoms with van der Waals surface area (Å²) in [7, 11) is 0. The molecular formula is C19H18FN3O3. The Kier molecular flexibility index (Phi) is 4.20. The Bertz CT molecular complexity index is 958. The number of carbonyl (C=O) groups excluding carboxylic acids is 1. The number of aromatic amines is 1. The van der Waals surface area contributed by atoms with E-state index < -0.39 is 18.0 Å². The maximum atomic E-state index is 14.3. The van der Waals surface area contributed by atoms with Crippen molar-refractivity contribution in [2.75, 3.05) is 13.2 Å². The molecule has 1 aliphatic heterocycles. The Morgan fingerprint density at radius 3 is 3.04 bits per heavy atom. The zero-order chi connectivity index (χ0) is 18.1. The molecular weight excluding hydrogens is 337 g/mol. The van der Waals surface area contributed by atoms with Gasteiger partial charge in [-0.25, -0.2) is 9.18 Å². The summed E-state index contributed by atoms with van der Waals surface area (Å²) < 4.78 is 25.6. The topological polar surface area (TPSA) is 76.2 Å². The quantitative estimate of drug-likeness (QED) is 0.755. The van der Waals surface area contributed by atoms with Gasteiger partial charge in [-0.05, 0) is 55.4 Å². The van der Waals surface area contributed by atoms with Crippen molar-refractivity contribution in [2.45, 2.75) is 19.4 Å². The van der Waals surface area contributed by atoms with Crippen molar-refractivity contribution in [2.24, 2.45) is 0 Å². The highest BCUT2D eigenvalue weighted by atomic mass is 19.1. The number of halogens is 1. The normalized spacial score (nSPS) is 20.4. The van der Waals surface area contributed by atoms with E-state index >= 15 is 0 Å². The van der Waals surface area contributed by atoms with Crippen molar-refractivity contribution in [3.63, 3.8) is 0 Å². The molecule has 0 fully saturated rings. The molecule has 2 heterocycles. The third kappa shape index (κ3) is 3.08. The molecule has 2 aliphatic rings. The Labute approximate surface area is 149 Å². The van der Waals surface area contributed by atoms with Crippen LogP contribution in [0, 0.1) is 0 Å². The predicted octanol–water partition coefficient (Wildman–Crippen LogP) is 3.72. The minimum atomic E-state index is -0.634. The van der Waals surface area contributed by atoms with Crippen LogP contribution in [0.4, 0.5) is 9.18 Å². The number of H-pyrrole nitrogens is 1. The summed E-state index contributed by atoms with van der Waals surface area (Å²) in [4.78, 5) is 11.9. The number of allylic oxidation sites excluding steroid dienone is 2. The van der Waals surface area contributed by atoms with Crippen molar-refractivity contribution < 1.29 is 18.7 Å². The molecule has 1 aliphatic carbocycles. The van der Waals surface area contributed by atoms with Gasteiger partial charge in [0.15, 0.2) is 0 Å². The van der Waals surface area contributed by atoms with Crippen LogP contribution in [0.5, 0.6) is 5.75 Å². The van der Waals surface area contributed by atoms with E-state index in [1.807, 2.05) is 12.1 Å². The van der Waals surface area contributed by atoms with Crippen LogP contribution in [0.2, 0.25) is 0 Å². The summed E-state index contributed by atoms with van der Waals surface area (Å²) in [6.45, 7) is 2.58. The Morgan fingerprint density at radius 2 is 2.15 bits per heavy atom. The number of ether oxygens (including phenoxy) is 2. The lowest BCUT2D eigenvalue weighted by Crippen LogP contribution is -2.30. The highest BCUT2D eigenvalue weighted by molar-refractivity contribution is 5.97. The number of alkyl carbamates (subject to hydrolysis) is 1. The van der Waals surface area contributed by atoms with Gasteiger partial charge in [-0.2, -0.15) is 5.10 Å². The third-order valence-corrected chi connectivity index (χ3v) is 4.38. The number of hydrogen-bond acceptors (Lipinski definition) is 4. The van der Waals surface area contributed by atoms with Crippen molar-refractivity contribution in [1.82, 2.24) is 15.5 Å². The highest BCUT2D eigenvalue weighted by Crippen LogP contribution is 2.34. The van der Waals surface area contributed by atoms with Gasteiger partial charge in [-0.15, -0.1) is 0 Å². The molecule has 0 saturated heterocycles. The number of benzene rings is 1. The van der Waals surface area contributed by atoms with Gasteiger partial charge in [0.05, 0.1) is 17.8 Å². The summed E-state index contributed by atoms with van der Waals surface area (Å²) in [5.41, 5.74) is 2.76. The average Bonchev–Trinajstić information content (AvgIpc) is 3.04. The molecule has 2 N–H and O–H groups in total. The number of rotatable bonds is 0. The van der Waals surface area contributed by atoms with E-state index in [1.165, 1.54) is 12.2 Å². The minimum Gasteiger partial charge on any atom is -0.493 e. The van der Waals surface area contributed by atoms with Gasteiger partial charge >= 0.3 is 6.09 Å². The standard InChI is InChI=1S/C19H18FN3O3/c1-11-12-9-13(20)3-4-15-18-14(10-12)17(6-5-16(18)23-22-15)25-8-2-7-21-19(24)26-11/h3-6,9-11H,2,7-8H2,1H3,(H,21,24)(H,22,23)/t11-/m0/s1. The lowest BCUT2D eigenvalue weighted by atomic mass is 10.0. The fourth-order valence-corrected chi connectivity index (χ4v) is 3.06. The van der Waals surface area contributed by atoms with Crippen LogP contribution in [0.1, 0.15) is 24.6 Å². The summed E-state index contributed by atoms with van der Waals surface area (Å²) in [5, 5.41) is 10.7. The van der Waals surface area contributed by atoms with Crippen molar-refractivity contribution >= 4 is 29.1 Å². The first-order chi connectivity index (χ1) is 12.6. The van der Waals surface area contributed by atoms with Crippen molar-refractivity contribution in [3.05, 3.63) is 46.9 Å². The van der Waals surface area contributed by atoms with Crippen molar-refractivity contribution in [1.29, 1.82) is 0 Å². The predicted molar refractivity (Wildman–Crippen MR) is 96.4 cm³/mol. The van der Waals surface area contributed by atoms with Gasteiger partial charge < -0.3 is 14.8 Å². The molecule has 1 aromatic heterocycles. The molecule has 1 amide bonds. The van der Waals surface area contributed by atoms with Gasteiger partial charge in [0, 0.05) is 17.5 Å². The lowest BCUT2D eigenvalue weighted by molar-refractivity contribution is 0.123. The SMILES string of the molecule is C[C@@H]1OC(=O)NCCCOc2ccc3[nH]nc4c3c2C=C1C=C(F)C=C4. The Balaban J connectivity index is 1.96. The number of aromatic nitrogens is 2. The molecule has 2 aromatic rings. The van der Waals surface area contributed by atoms with E-state index in [9.17, 15) is 9.18 Å². The summed E-state index contributed by atoms with van der Waals surface area (Å²) in [6.07, 6.45) is 5.59. The molecule has 4 rings (SSSR count). The molecule has 0 spiro atoms. The van der Waals surface area contributed by atoms with E-state index in [-0.39, 0.29) is 0 Å². The number of hydrogen-bond donors (Lipinski definition) is 2. The van der Waals surface area contributed by atoms with Gasteiger partial charge in [0.25, 0.3) is 0 Å². The number of nitrogens with zero attached hydrogens (tertiary/aromatic N) is 1. The van der Waals surface area contributed by atoms with Gasteiger partial charge in [-0.3, -0.25) is 5.10 Å². The van der Waals surface area contributed by atoms with E-state index in [2.05, 4.69) is 15.5 Å². The van der Waals surface area contributed by atoms with Crippen LogP contribution in [0.15, 0.2) is 35.7 Å². The van der Waals surface area contributed by atoms with Gasteiger partial charge in [0.1, 0.15) is 17.7 Å². The Hall–Kier alpha value is -3.09.